The number of hydrogen-bond donors (Lipinski definition) is 3. The van der Waals surface area contributed by atoms with Crippen molar-refractivity contribution in [1.29, 1.82) is 0 Å². The maximum absolute atomic E-state index is 14.1. The lowest BCUT2D eigenvalue weighted by molar-refractivity contribution is -0.142. The van der Waals surface area contributed by atoms with Crippen LogP contribution in [0.5, 0.6) is 5.75 Å². The molecule has 3 saturated heterocycles. The Morgan fingerprint density at radius 3 is 2.17 bits per heavy atom. The number of carboxylic acids is 1. The molecule has 6 rings (SSSR count). The average Bonchev–Trinajstić information content (AvgIpc) is 3.57. The normalized spacial score (nSPS) is 20.6. The van der Waals surface area contributed by atoms with Gasteiger partial charge in [0.15, 0.2) is 6.10 Å². The van der Waals surface area contributed by atoms with Crippen molar-refractivity contribution in [2.45, 2.75) is 69.9 Å². The summed E-state index contributed by atoms with van der Waals surface area (Å²) in [6.45, 7) is 3.59. The van der Waals surface area contributed by atoms with Crippen molar-refractivity contribution < 1.29 is 38.9 Å². The zero-order valence-corrected chi connectivity index (χ0v) is 32.1. The first-order valence-electron chi connectivity index (χ1n) is 18.0. The number of rotatable bonds is 9. The number of ether oxygens (including phenoxy) is 1. The fourth-order valence-electron chi connectivity index (χ4n) is 7.99. The predicted molar refractivity (Wildman–Crippen MR) is 199 cm³/mol. The van der Waals surface area contributed by atoms with Gasteiger partial charge >= 0.3 is 18.1 Å². The summed E-state index contributed by atoms with van der Waals surface area (Å²) in [5.41, 5.74) is 2.62. The van der Waals surface area contributed by atoms with Crippen LogP contribution in [0.2, 0.25) is 0 Å². The Labute approximate surface area is 319 Å². The third-order valence-electron chi connectivity index (χ3n) is 11.0. The first-order valence-corrected chi connectivity index (χ1v) is 19.6. The van der Waals surface area contributed by atoms with Crippen molar-refractivity contribution >= 4 is 67.5 Å². The van der Waals surface area contributed by atoms with E-state index >= 15 is 0 Å². The molecule has 13 nitrogen and oxygen atoms in total. The van der Waals surface area contributed by atoms with Gasteiger partial charge in [0.2, 0.25) is 5.91 Å². The van der Waals surface area contributed by atoms with Crippen LogP contribution in [0.15, 0.2) is 45.3 Å². The van der Waals surface area contributed by atoms with Gasteiger partial charge < -0.3 is 39.9 Å². The molecule has 0 aromatic heterocycles. The summed E-state index contributed by atoms with van der Waals surface area (Å²) < 4.78 is 6.91. The fraction of sp³-hybridized carbons (Fsp3) is 0.541. The number of likely N-dealkylation sites (tertiary alicyclic amines) is 3. The van der Waals surface area contributed by atoms with Crippen molar-refractivity contribution in [3.8, 4) is 5.75 Å². The number of aliphatic carboxylic acids is 1. The second-order valence-corrected chi connectivity index (χ2v) is 15.9. The summed E-state index contributed by atoms with van der Waals surface area (Å²) in [7, 11) is 0. The van der Waals surface area contributed by atoms with Crippen molar-refractivity contribution in [3.63, 3.8) is 0 Å². The van der Waals surface area contributed by atoms with E-state index in [1.807, 2.05) is 29.2 Å². The van der Waals surface area contributed by atoms with E-state index in [-0.39, 0.29) is 48.9 Å². The minimum atomic E-state index is -1.09. The lowest BCUT2D eigenvalue weighted by atomic mass is 9.83. The topological polar surface area (TPSA) is 160 Å². The van der Waals surface area contributed by atoms with Gasteiger partial charge in [-0.05, 0) is 112 Å². The summed E-state index contributed by atoms with van der Waals surface area (Å²) in [5, 5.41) is 22.2. The number of benzene rings is 2. The quantitative estimate of drug-likeness (QED) is 0.300. The largest absolute Gasteiger partial charge is 0.506 e. The number of hydrogen-bond acceptors (Lipinski definition) is 7. The van der Waals surface area contributed by atoms with Crippen LogP contribution in [0.3, 0.4) is 0 Å². The van der Waals surface area contributed by atoms with E-state index in [0.717, 1.165) is 36.9 Å². The zero-order valence-electron chi connectivity index (χ0n) is 29.0. The molecule has 5 amide bonds. The molecule has 0 spiro atoms. The van der Waals surface area contributed by atoms with Crippen LogP contribution < -0.4 is 5.32 Å². The molecule has 3 fully saturated rings. The molecule has 15 heteroatoms. The van der Waals surface area contributed by atoms with E-state index in [0.29, 0.717) is 85.0 Å². The van der Waals surface area contributed by atoms with Crippen LogP contribution in [0.4, 0.5) is 15.3 Å². The summed E-state index contributed by atoms with van der Waals surface area (Å²) in [5.74, 6) is -0.731. The maximum atomic E-state index is 14.1. The number of urea groups is 1. The molecule has 2 aromatic rings. The molecule has 0 aliphatic carbocycles. The number of carboxylic acid groups (broad SMARTS) is 1. The highest BCUT2D eigenvalue weighted by Crippen LogP contribution is 2.35. The summed E-state index contributed by atoms with van der Waals surface area (Å²) in [6, 6.07) is 11.1. The summed E-state index contributed by atoms with van der Waals surface area (Å²) in [4.78, 5) is 71.2. The number of aromatic hydroxyl groups is 1. The SMILES string of the molecule is O=C(O)CCC(=O)N1CCC(C2CCN(C(=O)[C@@H](Cc3cc(Br)c(O)c(Br)c3)OC(=O)N3CCC(N4CCc5ccccc5NC4=O)CC3)CC2)C1. The minimum absolute atomic E-state index is 0.00609. The molecule has 0 bridgehead atoms. The highest BCUT2D eigenvalue weighted by Gasteiger charge is 2.38. The second-order valence-electron chi connectivity index (χ2n) is 14.2. The number of amides is 5. The van der Waals surface area contributed by atoms with Gasteiger partial charge in [0.1, 0.15) is 5.75 Å². The van der Waals surface area contributed by atoms with E-state index < -0.39 is 18.2 Å². The second kappa shape index (κ2) is 16.9. The summed E-state index contributed by atoms with van der Waals surface area (Å²) >= 11 is 6.72. The number of halogens is 2. The number of phenolic OH excluding ortho intramolecular Hbond substituents is 1. The first-order chi connectivity index (χ1) is 25.0. The van der Waals surface area contributed by atoms with E-state index in [1.54, 1.807) is 26.8 Å². The summed E-state index contributed by atoms with van der Waals surface area (Å²) in [6.07, 6.45) is 2.58. The van der Waals surface area contributed by atoms with Gasteiger partial charge in [-0.25, -0.2) is 9.59 Å². The number of para-hydroxylation sites is 1. The lowest BCUT2D eigenvalue weighted by Crippen LogP contribution is -2.51. The molecule has 1 unspecified atom stereocenters. The number of carbonyl (C=O) groups excluding carboxylic acids is 4. The molecule has 2 aromatic carbocycles. The standard InChI is InChI=1S/C37H45Br2N5O8/c38-28-19-23(20-29(39)34(28)48)21-31(35(49)41-13-7-24(8-14-41)26-9-15-43(22-26)32(45)5-6-33(46)47)52-37(51)42-16-11-27(12-17-42)44-18-10-25-3-1-2-4-30(25)40-36(44)50/h1-4,19-20,24,26-27,31,48H,5-18,21-22H2,(H,40,50)(H,46,47)/t26?,31-/m1/s1. The van der Waals surface area contributed by atoms with Crippen LogP contribution in [0.25, 0.3) is 0 Å². The Bertz CT molecular complexity index is 1650. The lowest BCUT2D eigenvalue weighted by Gasteiger charge is -2.38. The van der Waals surface area contributed by atoms with Crippen LogP contribution in [0, 0.1) is 11.8 Å². The molecule has 4 heterocycles. The van der Waals surface area contributed by atoms with E-state index in [4.69, 9.17) is 9.84 Å². The predicted octanol–water partition coefficient (Wildman–Crippen LogP) is 5.47. The average molecular weight is 848 g/mol. The molecule has 4 aliphatic rings. The Balaban J connectivity index is 1.06. The highest BCUT2D eigenvalue weighted by atomic mass is 79.9. The van der Waals surface area contributed by atoms with E-state index in [1.165, 1.54) is 0 Å². The highest BCUT2D eigenvalue weighted by molar-refractivity contribution is 9.11. The van der Waals surface area contributed by atoms with Crippen LogP contribution >= 0.6 is 31.9 Å². The monoisotopic (exact) mass is 845 g/mol. The molecule has 52 heavy (non-hydrogen) atoms. The molecular weight excluding hydrogens is 802 g/mol. The molecule has 280 valence electrons. The van der Waals surface area contributed by atoms with Crippen LogP contribution in [-0.2, 0) is 32.0 Å². The smallest absolute Gasteiger partial charge is 0.410 e. The van der Waals surface area contributed by atoms with Crippen molar-refractivity contribution in [2.75, 3.05) is 51.1 Å². The van der Waals surface area contributed by atoms with Crippen molar-refractivity contribution in [2.24, 2.45) is 11.8 Å². The fourth-order valence-corrected chi connectivity index (χ4v) is 9.27. The van der Waals surface area contributed by atoms with Gasteiger partial charge in [0.05, 0.1) is 15.4 Å². The molecular formula is C37H45Br2N5O8. The van der Waals surface area contributed by atoms with Crippen molar-refractivity contribution in [3.05, 3.63) is 56.5 Å². The molecule has 0 radical (unpaired) electrons. The van der Waals surface area contributed by atoms with Crippen LogP contribution in [-0.4, -0.2) is 118 Å². The Hall–Kier alpha value is -3.85. The number of carbonyl (C=O) groups is 5. The van der Waals surface area contributed by atoms with E-state index in [9.17, 15) is 29.1 Å². The molecule has 3 N–H and O–H groups in total. The van der Waals surface area contributed by atoms with Gasteiger partial charge in [-0.3, -0.25) is 14.4 Å². The molecule has 2 atom stereocenters. The number of nitrogens with zero attached hydrogens (tertiary/aromatic N) is 4. The van der Waals surface area contributed by atoms with Gasteiger partial charge in [0.25, 0.3) is 5.91 Å². The number of phenols is 1. The van der Waals surface area contributed by atoms with Gasteiger partial charge in [0, 0.05) is 70.4 Å². The third-order valence-corrected chi connectivity index (χ3v) is 12.2. The Morgan fingerprint density at radius 1 is 0.846 bits per heavy atom. The van der Waals surface area contributed by atoms with Gasteiger partial charge in [-0.1, -0.05) is 18.2 Å². The molecule has 0 saturated carbocycles. The van der Waals surface area contributed by atoms with Gasteiger partial charge in [-0.2, -0.15) is 0 Å². The van der Waals surface area contributed by atoms with Crippen LogP contribution in [0.1, 0.15) is 56.1 Å². The zero-order chi connectivity index (χ0) is 36.9. The van der Waals surface area contributed by atoms with Gasteiger partial charge in [-0.15, -0.1) is 0 Å². The first kappa shape index (κ1) is 37.9. The minimum Gasteiger partial charge on any atom is -0.506 e. The number of anilines is 1. The molecule has 4 aliphatic heterocycles. The number of fused-ring (bicyclic) bond motifs is 1. The third kappa shape index (κ3) is 9.02. The Morgan fingerprint density at radius 2 is 1.48 bits per heavy atom. The van der Waals surface area contributed by atoms with E-state index in [2.05, 4.69) is 37.2 Å². The number of piperidine rings is 2. The van der Waals surface area contributed by atoms with Crippen molar-refractivity contribution in [1.82, 2.24) is 19.6 Å². The Kier molecular flexibility index (Phi) is 12.3. The maximum Gasteiger partial charge on any atom is 0.410 e. The number of nitrogens with one attached hydrogen (secondary N) is 1.